The maximum absolute atomic E-state index is 12.2. The number of nitrogens with one attached hydrogen (secondary N) is 1. The first-order chi connectivity index (χ1) is 8.08. The highest BCUT2D eigenvalue weighted by Gasteiger charge is 2.57. The highest BCUT2D eigenvalue weighted by Crippen LogP contribution is 2.47. The predicted molar refractivity (Wildman–Crippen MR) is 67.5 cm³/mol. The standard InChI is InChI=1S/C13H24N2O2/c1-4-6-10-15(3)12(17)13(7-8-13)11(16)14-9-5-2/h4-10H2,1-3H3,(H,14,16). The molecule has 2 amide bonds. The Morgan fingerprint density at radius 3 is 2.35 bits per heavy atom. The maximum Gasteiger partial charge on any atom is 0.238 e. The topological polar surface area (TPSA) is 49.4 Å². The van der Waals surface area contributed by atoms with Crippen LogP contribution in [-0.2, 0) is 9.59 Å². The van der Waals surface area contributed by atoms with Gasteiger partial charge < -0.3 is 10.2 Å². The van der Waals surface area contributed by atoms with Crippen LogP contribution in [0.3, 0.4) is 0 Å². The molecule has 98 valence electrons. The summed E-state index contributed by atoms with van der Waals surface area (Å²) in [7, 11) is 1.80. The molecule has 0 heterocycles. The van der Waals surface area contributed by atoms with E-state index in [4.69, 9.17) is 0 Å². The fourth-order valence-electron chi connectivity index (χ4n) is 1.93. The van der Waals surface area contributed by atoms with E-state index in [1.54, 1.807) is 11.9 Å². The van der Waals surface area contributed by atoms with Crippen LogP contribution in [0.25, 0.3) is 0 Å². The van der Waals surface area contributed by atoms with Gasteiger partial charge in [-0.2, -0.15) is 0 Å². The highest BCUT2D eigenvalue weighted by atomic mass is 16.2. The van der Waals surface area contributed by atoms with Gasteiger partial charge in [0, 0.05) is 20.1 Å². The van der Waals surface area contributed by atoms with Gasteiger partial charge in [-0.25, -0.2) is 0 Å². The van der Waals surface area contributed by atoms with Gasteiger partial charge in [0.2, 0.25) is 11.8 Å². The fourth-order valence-corrected chi connectivity index (χ4v) is 1.93. The number of rotatable bonds is 7. The van der Waals surface area contributed by atoms with Gasteiger partial charge >= 0.3 is 0 Å². The molecule has 0 atom stereocenters. The molecule has 1 aliphatic rings. The first-order valence-corrected chi connectivity index (χ1v) is 6.62. The molecule has 1 saturated carbocycles. The number of hydrogen-bond acceptors (Lipinski definition) is 2. The second-order valence-electron chi connectivity index (χ2n) is 4.92. The van der Waals surface area contributed by atoms with E-state index in [1.165, 1.54) is 0 Å². The Balaban J connectivity index is 2.52. The molecule has 0 radical (unpaired) electrons. The molecule has 1 fully saturated rings. The van der Waals surface area contributed by atoms with Crippen LogP contribution in [0.2, 0.25) is 0 Å². The van der Waals surface area contributed by atoms with Gasteiger partial charge in [0.1, 0.15) is 5.41 Å². The van der Waals surface area contributed by atoms with Gasteiger partial charge in [-0.15, -0.1) is 0 Å². The van der Waals surface area contributed by atoms with Crippen LogP contribution in [0.15, 0.2) is 0 Å². The molecule has 4 nitrogen and oxygen atoms in total. The quantitative estimate of drug-likeness (QED) is 0.686. The van der Waals surface area contributed by atoms with Crippen LogP contribution >= 0.6 is 0 Å². The summed E-state index contributed by atoms with van der Waals surface area (Å²) in [4.78, 5) is 25.9. The van der Waals surface area contributed by atoms with E-state index < -0.39 is 5.41 Å². The van der Waals surface area contributed by atoms with Gasteiger partial charge in [0.25, 0.3) is 0 Å². The first kappa shape index (κ1) is 14.0. The monoisotopic (exact) mass is 240 g/mol. The van der Waals surface area contributed by atoms with E-state index in [2.05, 4.69) is 12.2 Å². The molecule has 0 saturated heterocycles. The Hall–Kier alpha value is -1.06. The summed E-state index contributed by atoms with van der Waals surface area (Å²) in [6, 6.07) is 0. The normalized spacial score (nSPS) is 16.4. The summed E-state index contributed by atoms with van der Waals surface area (Å²) < 4.78 is 0. The van der Waals surface area contributed by atoms with Crippen LogP contribution in [0.1, 0.15) is 46.0 Å². The van der Waals surface area contributed by atoms with Gasteiger partial charge in [0.15, 0.2) is 0 Å². The van der Waals surface area contributed by atoms with Crippen molar-refractivity contribution < 1.29 is 9.59 Å². The zero-order valence-corrected chi connectivity index (χ0v) is 11.2. The lowest BCUT2D eigenvalue weighted by Gasteiger charge is -2.22. The molecule has 0 aromatic carbocycles. The smallest absolute Gasteiger partial charge is 0.238 e. The fraction of sp³-hybridized carbons (Fsp3) is 0.846. The Kier molecular flexibility index (Phi) is 4.97. The van der Waals surface area contributed by atoms with E-state index in [0.717, 1.165) is 25.8 Å². The zero-order chi connectivity index (χ0) is 12.9. The summed E-state index contributed by atoms with van der Waals surface area (Å²) in [6.45, 7) is 5.51. The Morgan fingerprint density at radius 2 is 1.88 bits per heavy atom. The average Bonchev–Trinajstić information content (AvgIpc) is 3.13. The van der Waals surface area contributed by atoms with E-state index >= 15 is 0 Å². The van der Waals surface area contributed by atoms with Gasteiger partial charge in [-0.05, 0) is 25.7 Å². The van der Waals surface area contributed by atoms with E-state index in [-0.39, 0.29) is 11.8 Å². The molecule has 0 aliphatic heterocycles. The predicted octanol–water partition coefficient (Wildman–Crippen LogP) is 1.55. The summed E-state index contributed by atoms with van der Waals surface area (Å²) in [5.74, 6) is -0.0766. The minimum atomic E-state index is -0.725. The SMILES string of the molecule is CCCCN(C)C(=O)C1(C(=O)NCCC)CC1. The summed E-state index contributed by atoms with van der Waals surface area (Å²) >= 11 is 0. The van der Waals surface area contributed by atoms with Crippen LogP contribution in [-0.4, -0.2) is 36.9 Å². The third kappa shape index (κ3) is 3.20. The molecule has 4 heteroatoms. The van der Waals surface area contributed by atoms with Crippen molar-refractivity contribution in [2.45, 2.75) is 46.0 Å². The molecule has 0 aromatic heterocycles. The van der Waals surface area contributed by atoms with Crippen molar-refractivity contribution in [3.8, 4) is 0 Å². The van der Waals surface area contributed by atoms with Crippen molar-refractivity contribution in [1.82, 2.24) is 10.2 Å². The van der Waals surface area contributed by atoms with Crippen molar-refractivity contribution in [1.29, 1.82) is 0 Å². The third-order valence-electron chi connectivity index (χ3n) is 3.32. The minimum absolute atomic E-state index is 0.000414. The lowest BCUT2D eigenvalue weighted by atomic mass is 10.0. The molecule has 0 bridgehead atoms. The number of hydrogen-bond donors (Lipinski definition) is 1. The number of nitrogens with zero attached hydrogens (tertiary/aromatic N) is 1. The summed E-state index contributed by atoms with van der Waals surface area (Å²) in [5, 5.41) is 2.84. The molecule has 1 N–H and O–H groups in total. The van der Waals surface area contributed by atoms with Crippen LogP contribution in [0, 0.1) is 5.41 Å². The molecule has 0 aromatic rings. The second kappa shape index (κ2) is 6.03. The van der Waals surface area contributed by atoms with Crippen molar-refractivity contribution in [2.75, 3.05) is 20.1 Å². The molecular weight excluding hydrogens is 216 g/mol. The van der Waals surface area contributed by atoms with Crippen molar-refractivity contribution in [2.24, 2.45) is 5.41 Å². The van der Waals surface area contributed by atoms with Crippen LogP contribution in [0.4, 0.5) is 0 Å². The van der Waals surface area contributed by atoms with Crippen molar-refractivity contribution >= 4 is 11.8 Å². The maximum atomic E-state index is 12.2. The lowest BCUT2D eigenvalue weighted by molar-refractivity contribution is -0.143. The summed E-state index contributed by atoms with van der Waals surface area (Å²) in [5.41, 5.74) is -0.725. The van der Waals surface area contributed by atoms with Crippen LogP contribution < -0.4 is 5.32 Å². The van der Waals surface area contributed by atoms with Crippen molar-refractivity contribution in [3.63, 3.8) is 0 Å². The number of carbonyl (C=O) groups is 2. The second-order valence-corrected chi connectivity index (χ2v) is 4.92. The molecule has 17 heavy (non-hydrogen) atoms. The van der Waals surface area contributed by atoms with E-state index in [9.17, 15) is 9.59 Å². The van der Waals surface area contributed by atoms with Gasteiger partial charge in [-0.1, -0.05) is 20.3 Å². The lowest BCUT2D eigenvalue weighted by Crippen LogP contribution is -2.44. The van der Waals surface area contributed by atoms with Gasteiger partial charge in [-0.3, -0.25) is 9.59 Å². The van der Waals surface area contributed by atoms with Gasteiger partial charge in [0.05, 0.1) is 0 Å². The molecule has 0 spiro atoms. The van der Waals surface area contributed by atoms with Crippen molar-refractivity contribution in [3.05, 3.63) is 0 Å². The summed E-state index contributed by atoms with van der Waals surface area (Å²) in [6.07, 6.45) is 4.37. The number of unbranched alkanes of at least 4 members (excludes halogenated alkanes) is 1. The Labute approximate surface area is 104 Å². The first-order valence-electron chi connectivity index (χ1n) is 6.62. The zero-order valence-electron chi connectivity index (χ0n) is 11.2. The minimum Gasteiger partial charge on any atom is -0.355 e. The number of amides is 2. The molecular formula is C13H24N2O2. The Morgan fingerprint density at radius 1 is 1.24 bits per heavy atom. The molecule has 0 unspecified atom stereocenters. The van der Waals surface area contributed by atoms with Crippen LogP contribution in [0.5, 0.6) is 0 Å². The Bertz CT molecular complexity index is 285. The third-order valence-corrected chi connectivity index (χ3v) is 3.32. The largest absolute Gasteiger partial charge is 0.355 e. The number of carbonyl (C=O) groups excluding carboxylic acids is 2. The highest BCUT2D eigenvalue weighted by molar-refractivity contribution is 6.07. The average molecular weight is 240 g/mol. The molecule has 1 rings (SSSR count). The van der Waals surface area contributed by atoms with E-state index in [0.29, 0.717) is 19.4 Å². The van der Waals surface area contributed by atoms with E-state index in [1.807, 2.05) is 6.92 Å². The molecule has 1 aliphatic carbocycles.